The van der Waals surface area contributed by atoms with Crippen molar-refractivity contribution in [2.24, 2.45) is 0 Å². The number of aryl methyl sites for hydroxylation is 2. The van der Waals surface area contributed by atoms with Crippen molar-refractivity contribution in [3.8, 4) is 0 Å². The first-order valence-electron chi connectivity index (χ1n) is 7.50. The van der Waals surface area contributed by atoms with Crippen molar-refractivity contribution < 1.29 is 4.79 Å². The lowest BCUT2D eigenvalue weighted by Gasteiger charge is -2.07. The maximum atomic E-state index is 12.2. The molecule has 0 saturated heterocycles. The van der Waals surface area contributed by atoms with Crippen molar-refractivity contribution >= 4 is 22.5 Å². The summed E-state index contributed by atoms with van der Waals surface area (Å²) < 4.78 is 2.23. The van der Waals surface area contributed by atoms with Crippen LogP contribution in [0, 0.1) is 6.92 Å². The Balaban J connectivity index is 1.81. The number of carbonyl (C=O) groups is 1. The van der Waals surface area contributed by atoms with Gasteiger partial charge in [-0.25, -0.2) is 0 Å². The maximum Gasteiger partial charge on any atom is 0.257 e. The number of rotatable bonds is 4. The van der Waals surface area contributed by atoms with Crippen molar-refractivity contribution in [3.63, 3.8) is 0 Å². The third kappa shape index (κ3) is 2.86. The minimum Gasteiger partial charge on any atom is -0.347 e. The Hall–Kier alpha value is -2.62. The van der Waals surface area contributed by atoms with Crippen LogP contribution in [0.15, 0.2) is 48.8 Å². The fraction of sp³-hybridized carbons (Fsp3) is 0.222. The average molecular weight is 293 g/mol. The molecule has 0 bridgehead atoms. The SMILES string of the molecule is CCCn1ccc2cc(NC(=O)c3ccc(C)nc3)ccc21. The molecule has 0 aliphatic carbocycles. The molecule has 0 saturated carbocycles. The van der Waals surface area contributed by atoms with Crippen molar-refractivity contribution in [3.05, 3.63) is 60.0 Å². The van der Waals surface area contributed by atoms with E-state index in [-0.39, 0.29) is 5.91 Å². The van der Waals surface area contributed by atoms with E-state index in [4.69, 9.17) is 0 Å². The van der Waals surface area contributed by atoms with Gasteiger partial charge in [0.05, 0.1) is 5.56 Å². The van der Waals surface area contributed by atoms with Crippen LogP contribution < -0.4 is 5.32 Å². The van der Waals surface area contributed by atoms with Crippen LogP contribution in [-0.4, -0.2) is 15.5 Å². The van der Waals surface area contributed by atoms with E-state index in [0.29, 0.717) is 5.56 Å². The quantitative estimate of drug-likeness (QED) is 0.790. The van der Waals surface area contributed by atoms with Gasteiger partial charge in [-0.15, -0.1) is 0 Å². The number of carbonyl (C=O) groups excluding carboxylic acids is 1. The van der Waals surface area contributed by atoms with E-state index in [2.05, 4.69) is 34.1 Å². The third-order valence-corrected chi connectivity index (χ3v) is 3.67. The largest absolute Gasteiger partial charge is 0.347 e. The molecule has 2 heterocycles. The van der Waals surface area contributed by atoms with Crippen molar-refractivity contribution in [2.45, 2.75) is 26.8 Å². The molecule has 22 heavy (non-hydrogen) atoms. The molecule has 0 aliphatic heterocycles. The number of amides is 1. The number of aromatic nitrogens is 2. The minimum absolute atomic E-state index is 0.139. The number of hydrogen-bond donors (Lipinski definition) is 1. The molecule has 4 nitrogen and oxygen atoms in total. The van der Waals surface area contributed by atoms with Crippen LogP contribution in [0.1, 0.15) is 29.4 Å². The fourth-order valence-electron chi connectivity index (χ4n) is 2.52. The van der Waals surface area contributed by atoms with Gasteiger partial charge in [0.15, 0.2) is 0 Å². The van der Waals surface area contributed by atoms with E-state index >= 15 is 0 Å². The number of benzene rings is 1. The van der Waals surface area contributed by atoms with E-state index < -0.39 is 0 Å². The first-order valence-corrected chi connectivity index (χ1v) is 7.50. The number of anilines is 1. The predicted octanol–water partition coefficient (Wildman–Crippen LogP) is 4.01. The van der Waals surface area contributed by atoms with Crippen molar-refractivity contribution in [1.29, 1.82) is 0 Å². The molecule has 4 heteroatoms. The number of nitrogens with zero attached hydrogens (tertiary/aromatic N) is 2. The number of fused-ring (bicyclic) bond motifs is 1. The highest BCUT2D eigenvalue weighted by Crippen LogP contribution is 2.21. The van der Waals surface area contributed by atoms with Crippen LogP contribution in [0.25, 0.3) is 10.9 Å². The van der Waals surface area contributed by atoms with E-state index in [1.54, 1.807) is 12.3 Å². The summed E-state index contributed by atoms with van der Waals surface area (Å²) in [5.41, 5.74) is 3.45. The number of pyridine rings is 1. The van der Waals surface area contributed by atoms with Crippen LogP contribution in [0.2, 0.25) is 0 Å². The van der Waals surface area contributed by atoms with Gasteiger partial charge in [-0.3, -0.25) is 9.78 Å². The topological polar surface area (TPSA) is 46.9 Å². The molecule has 0 atom stereocenters. The Labute approximate surface area is 129 Å². The number of nitrogens with one attached hydrogen (secondary N) is 1. The lowest BCUT2D eigenvalue weighted by molar-refractivity contribution is 0.102. The molecule has 1 aromatic carbocycles. The summed E-state index contributed by atoms with van der Waals surface area (Å²) in [6, 6.07) is 11.7. The summed E-state index contributed by atoms with van der Waals surface area (Å²) in [5, 5.41) is 4.06. The van der Waals surface area contributed by atoms with Crippen molar-refractivity contribution in [2.75, 3.05) is 5.32 Å². The van der Waals surface area contributed by atoms with Gasteiger partial charge in [0.1, 0.15) is 0 Å². The standard InChI is InChI=1S/C18H19N3O/c1-3-9-21-10-8-14-11-16(6-7-17(14)21)20-18(22)15-5-4-13(2)19-12-15/h4-8,10-12H,3,9H2,1-2H3,(H,20,22). The second-order valence-electron chi connectivity index (χ2n) is 5.43. The van der Waals surface area contributed by atoms with Gasteiger partial charge < -0.3 is 9.88 Å². The molecular formula is C18H19N3O. The zero-order chi connectivity index (χ0) is 15.5. The van der Waals surface area contributed by atoms with Crippen LogP contribution in [-0.2, 0) is 6.54 Å². The van der Waals surface area contributed by atoms with E-state index in [9.17, 15) is 4.79 Å². The van der Waals surface area contributed by atoms with Crippen LogP contribution in [0.5, 0.6) is 0 Å². The highest BCUT2D eigenvalue weighted by molar-refractivity contribution is 6.04. The molecule has 1 N–H and O–H groups in total. The van der Waals surface area contributed by atoms with Gasteiger partial charge in [0.25, 0.3) is 5.91 Å². The molecule has 112 valence electrons. The highest BCUT2D eigenvalue weighted by atomic mass is 16.1. The summed E-state index contributed by atoms with van der Waals surface area (Å²) in [7, 11) is 0. The van der Waals surface area contributed by atoms with Gasteiger partial charge in [-0.1, -0.05) is 6.92 Å². The molecule has 2 aromatic heterocycles. The van der Waals surface area contributed by atoms with Gasteiger partial charge in [-0.2, -0.15) is 0 Å². The summed E-state index contributed by atoms with van der Waals surface area (Å²) >= 11 is 0. The molecule has 3 rings (SSSR count). The molecule has 0 radical (unpaired) electrons. The average Bonchev–Trinajstić information content (AvgIpc) is 2.91. The second kappa shape index (κ2) is 6.02. The summed E-state index contributed by atoms with van der Waals surface area (Å²) in [5.74, 6) is -0.139. The molecule has 0 aliphatic rings. The van der Waals surface area contributed by atoms with Gasteiger partial charge in [0.2, 0.25) is 0 Å². The summed E-state index contributed by atoms with van der Waals surface area (Å²) in [6.45, 7) is 5.07. The molecule has 0 unspecified atom stereocenters. The smallest absolute Gasteiger partial charge is 0.257 e. The van der Waals surface area contributed by atoms with Crippen LogP contribution in [0.3, 0.4) is 0 Å². The Kier molecular flexibility index (Phi) is 3.92. The first kappa shape index (κ1) is 14.3. The van der Waals surface area contributed by atoms with Crippen LogP contribution >= 0.6 is 0 Å². The maximum absolute atomic E-state index is 12.2. The van der Waals surface area contributed by atoms with Gasteiger partial charge in [0, 0.05) is 41.2 Å². The summed E-state index contributed by atoms with van der Waals surface area (Å²) in [6.07, 6.45) is 4.78. The Morgan fingerprint density at radius 1 is 1.23 bits per heavy atom. The molecule has 1 amide bonds. The summed E-state index contributed by atoms with van der Waals surface area (Å²) in [4.78, 5) is 16.4. The highest BCUT2D eigenvalue weighted by Gasteiger charge is 2.08. The monoisotopic (exact) mass is 293 g/mol. The van der Waals surface area contributed by atoms with Crippen molar-refractivity contribution in [1.82, 2.24) is 9.55 Å². The second-order valence-corrected chi connectivity index (χ2v) is 5.43. The normalized spacial score (nSPS) is 10.8. The minimum atomic E-state index is -0.139. The van der Waals surface area contributed by atoms with E-state index in [1.165, 1.54) is 5.52 Å². The van der Waals surface area contributed by atoms with Gasteiger partial charge >= 0.3 is 0 Å². The Morgan fingerprint density at radius 2 is 2.09 bits per heavy atom. The van der Waals surface area contributed by atoms with Gasteiger partial charge in [-0.05, 0) is 49.7 Å². The van der Waals surface area contributed by atoms with E-state index in [1.807, 2.05) is 31.2 Å². The van der Waals surface area contributed by atoms with Crippen LogP contribution in [0.4, 0.5) is 5.69 Å². The first-order chi connectivity index (χ1) is 10.7. The Bertz CT molecular complexity index is 803. The lowest BCUT2D eigenvalue weighted by Crippen LogP contribution is -2.12. The Morgan fingerprint density at radius 3 is 2.82 bits per heavy atom. The fourth-order valence-corrected chi connectivity index (χ4v) is 2.52. The molecule has 0 spiro atoms. The van der Waals surface area contributed by atoms with E-state index in [0.717, 1.165) is 29.7 Å². The number of hydrogen-bond acceptors (Lipinski definition) is 2. The predicted molar refractivity (Wildman–Crippen MR) is 89.2 cm³/mol. The molecule has 3 aromatic rings. The third-order valence-electron chi connectivity index (χ3n) is 3.67. The lowest BCUT2D eigenvalue weighted by atomic mass is 10.2. The molecular weight excluding hydrogens is 274 g/mol. The zero-order valence-corrected chi connectivity index (χ0v) is 12.8. The molecule has 0 fully saturated rings. The zero-order valence-electron chi connectivity index (χ0n) is 12.8.